The van der Waals surface area contributed by atoms with Crippen molar-refractivity contribution in [3.63, 3.8) is 0 Å². The number of nitrogens with zero attached hydrogens (tertiary/aromatic N) is 4. The van der Waals surface area contributed by atoms with E-state index in [9.17, 15) is 0 Å². The van der Waals surface area contributed by atoms with E-state index in [0.29, 0.717) is 18.2 Å². The van der Waals surface area contributed by atoms with Crippen LogP contribution in [0.2, 0.25) is 0 Å². The third-order valence-corrected chi connectivity index (χ3v) is 4.90. The van der Waals surface area contributed by atoms with Gasteiger partial charge in [0, 0.05) is 44.5 Å². The summed E-state index contributed by atoms with van der Waals surface area (Å²) in [7, 11) is 0. The van der Waals surface area contributed by atoms with Crippen molar-refractivity contribution < 1.29 is 4.74 Å². The summed E-state index contributed by atoms with van der Waals surface area (Å²) in [6.07, 6.45) is 5.55. The molecule has 0 amide bonds. The van der Waals surface area contributed by atoms with Gasteiger partial charge in [-0.3, -0.25) is 4.90 Å². The van der Waals surface area contributed by atoms with Gasteiger partial charge >= 0.3 is 0 Å². The number of likely N-dealkylation sites (N-methyl/N-ethyl adjacent to an activating group) is 1. The molecule has 2 atom stereocenters. The fourth-order valence-electron chi connectivity index (χ4n) is 3.62. The number of ether oxygens (including phenoxy) is 1. The minimum Gasteiger partial charge on any atom is -0.375 e. The van der Waals surface area contributed by atoms with Crippen LogP contribution in [0.25, 0.3) is 0 Å². The van der Waals surface area contributed by atoms with Crippen molar-refractivity contribution >= 4 is 0 Å². The molecule has 0 radical (unpaired) electrons. The second-order valence-corrected chi connectivity index (χ2v) is 6.51. The van der Waals surface area contributed by atoms with Gasteiger partial charge in [0.05, 0.1) is 24.7 Å². The molecule has 0 N–H and O–H groups in total. The summed E-state index contributed by atoms with van der Waals surface area (Å²) in [5.74, 6) is 0. The van der Waals surface area contributed by atoms with E-state index in [4.69, 9.17) is 4.74 Å². The molecular formula is C16H28N4O. The normalized spacial score (nSPS) is 28.0. The van der Waals surface area contributed by atoms with Crippen molar-refractivity contribution in [3.05, 3.63) is 18.2 Å². The van der Waals surface area contributed by atoms with E-state index in [1.165, 1.54) is 18.7 Å². The zero-order valence-corrected chi connectivity index (χ0v) is 13.5. The van der Waals surface area contributed by atoms with Gasteiger partial charge in [-0.2, -0.15) is 0 Å². The molecule has 0 bridgehead atoms. The van der Waals surface area contributed by atoms with E-state index in [-0.39, 0.29) is 0 Å². The SMILES string of the molecule is CCN1CC[C@H]2OCCN(Cc3cncn3C(C)C)[C@H]2C1. The van der Waals surface area contributed by atoms with Crippen molar-refractivity contribution in [1.82, 2.24) is 19.4 Å². The van der Waals surface area contributed by atoms with E-state index in [0.717, 1.165) is 32.8 Å². The number of fused-ring (bicyclic) bond motifs is 1. The van der Waals surface area contributed by atoms with Crippen LogP contribution in [0.4, 0.5) is 0 Å². The maximum atomic E-state index is 6.01. The van der Waals surface area contributed by atoms with Crippen LogP contribution in [0.5, 0.6) is 0 Å². The molecule has 5 heteroatoms. The van der Waals surface area contributed by atoms with E-state index < -0.39 is 0 Å². The maximum absolute atomic E-state index is 6.01. The number of aromatic nitrogens is 2. The quantitative estimate of drug-likeness (QED) is 0.847. The summed E-state index contributed by atoms with van der Waals surface area (Å²) in [5, 5.41) is 0. The number of imidazole rings is 1. The Morgan fingerprint density at radius 1 is 1.38 bits per heavy atom. The third-order valence-electron chi connectivity index (χ3n) is 4.90. The molecule has 0 aromatic carbocycles. The van der Waals surface area contributed by atoms with Gasteiger partial charge in [0.15, 0.2) is 0 Å². The molecule has 2 fully saturated rings. The van der Waals surface area contributed by atoms with Gasteiger partial charge < -0.3 is 14.2 Å². The lowest BCUT2D eigenvalue weighted by molar-refractivity contribution is -0.106. The summed E-state index contributed by atoms with van der Waals surface area (Å²) in [6, 6.07) is 1.00. The molecule has 21 heavy (non-hydrogen) atoms. The number of hydrogen-bond donors (Lipinski definition) is 0. The Morgan fingerprint density at radius 2 is 2.24 bits per heavy atom. The lowest BCUT2D eigenvalue weighted by Gasteiger charge is -2.47. The van der Waals surface area contributed by atoms with Gasteiger partial charge in [0.1, 0.15) is 0 Å². The highest BCUT2D eigenvalue weighted by atomic mass is 16.5. The zero-order valence-electron chi connectivity index (χ0n) is 13.5. The molecule has 3 heterocycles. The largest absolute Gasteiger partial charge is 0.375 e. The number of likely N-dealkylation sites (tertiary alicyclic amines) is 1. The molecule has 2 aliphatic heterocycles. The molecule has 0 aliphatic carbocycles. The Kier molecular flexibility index (Phi) is 4.62. The van der Waals surface area contributed by atoms with Crippen LogP contribution in [0, 0.1) is 0 Å². The Labute approximate surface area is 127 Å². The molecule has 1 aromatic heterocycles. The first-order chi connectivity index (χ1) is 10.2. The van der Waals surface area contributed by atoms with Gasteiger partial charge in [-0.15, -0.1) is 0 Å². The van der Waals surface area contributed by atoms with Gasteiger partial charge in [-0.1, -0.05) is 6.92 Å². The minimum absolute atomic E-state index is 0.414. The molecule has 1 aromatic rings. The van der Waals surface area contributed by atoms with Crippen LogP contribution < -0.4 is 0 Å². The highest BCUT2D eigenvalue weighted by Gasteiger charge is 2.36. The van der Waals surface area contributed by atoms with Gasteiger partial charge in [0.25, 0.3) is 0 Å². The summed E-state index contributed by atoms with van der Waals surface area (Å²) < 4.78 is 8.29. The van der Waals surface area contributed by atoms with E-state index in [1.54, 1.807) is 0 Å². The molecular weight excluding hydrogens is 264 g/mol. The highest BCUT2D eigenvalue weighted by Crippen LogP contribution is 2.25. The van der Waals surface area contributed by atoms with Crippen LogP contribution in [0.3, 0.4) is 0 Å². The average molecular weight is 292 g/mol. The van der Waals surface area contributed by atoms with Gasteiger partial charge in [-0.05, 0) is 26.8 Å². The fourth-order valence-corrected chi connectivity index (χ4v) is 3.62. The Bertz CT molecular complexity index is 459. The molecule has 2 saturated heterocycles. The molecule has 0 saturated carbocycles. The molecule has 3 rings (SSSR count). The number of rotatable bonds is 4. The molecule has 5 nitrogen and oxygen atoms in total. The topological polar surface area (TPSA) is 33.5 Å². The standard InChI is InChI=1S/C16H28N4O/c1-4-18-6-5-16-15(11-18)19(7-8-21-16)10-14-9-17-12-20(14)13(2)3/h9,12-13,15-16H,4-8,10-11H2,1-3H3/t15-,16+/m0/s1. The zero-order chi connectivity index (χ0) is 14.8. The Hall–Kier alpha value is -0.910. The van der Waals surface area contributed by atoms with Crippen LogP contribution in [-0.2, 0) is 11.3 Å². The molecule has 118 valence electrons. The summed E-state index contributed by atoms with van der Waals surface area (Å²) in [4.78, 5) is 9.49. The lowest BCUT2D eigenvalue weighted by Crippen LogP contribution is -2.59. The van der Waals surface area contributed by atoms with Crippen LogP contribution in [-0.4, -0.2) is 64.3 Å². The maximum Gasteiger partial charge on any atom is 0.0951 e. The van der Waals surface area contributed by atoms with Crippen molar-refractivity contribution in [3.8, 4) is 0 Å². The fraction of sp³-hybridized carbons (Fsp3) is 0.812. The molecule has 0 unspecified atom stereocenters. The number of morpholine rings is 1. The van der Waals surface area contributed by atoms with Gasteiger partial charge in [-0.25, -0.2) is 4.98 Å². The van der Waals surface area contributed by atoms with Crippen LogP contribution in [0.15, 0.2) is 12.5 Å². The number of piperidine rings is 1. The lowest BCUT2D eigenvalue weighted by atomic mass is 9.98. The second-order valence-electron chi connectivity index (χ2n) is 6.51. The monoisotopic (exact) mass is 292 g/mol. The van der Waals surface area contributed by atoms with Crippen LogP contribution in [0.1, 0.15) is 38.9 Å². The predicted octanol–water partition coefficient (Wildman–Crippen LogP) is 1.76. The van der Waals surface area contributed by atoms with Crippen molar-refractivity contribution in [2.45, 2.75) is 51.9 Å². The first-order valence-corrected chi connectivity index (χ1v) is 8.27. The van der Waals surface area contributed by atoms with E-state index >= 15 is 0 Å². The average Bonchev–Trinajstić information content (AvgIpc) is 2.95. The minimum atomic E-state index is 0.414. The first kappa shape index (κ1) is 15.0. The summed E-state index contributed by atoms with van der Waals surface area (Å²) in [6.45, 7) is 13.0. The van der Waals surface area contributed by atoms with Gasteiger partial charge in [0.2, 0.25) is 0 Å². The highest BCUT2D eigenvalue weighted by molar-refractivity contribution is 5.02. The summed E-state index contributed by atoms with van der Waals surface area (Å²) in [5.41, 5.74) is 1.32. The molecule has 2 aliphatic rings. The molecule has 0 spiro atoms. The summed E-state index contributed by atoms with van der Waals surface area (Å²) >= 11 is 0. The first-order valence-electron chi connectivity index (χ1n) is 8.27. The van der Waals surface area contributed by atoms with Crippen molar-refractivity contribution in [2.24, 2.45) is 0 Å². The smallest absolute Gasteiger partial charge is 0.0951 e. The van der Waals surface area contributed by atoms with Crippen LogP contribution >= 0.6 is 0 Å². The van der Waals surface area contributed by atoms with Crippen molar-refractivity contribution in [2.75, 3.05) is 32.8 Å². The third kappa shape index (κ3) is 3.15. The van der Waals surface area contributed by atoms with E-state index in [2.05, 4.69) is 40.1 Å². The Morgan fingerprint density at radius 3 is 3.00 bits per heavy atom. The van der Waals surface area contributed by atoms with Crippen molar-refractivity contribution in [1.29, 1.82) is 0 Å². The second kappa shape index (κ2) is 6.46. The number of hydrogen-bond acceptors (Lipinski definition) is 4. The van der Waals surface area contributed by atoms with E-state index in [1.807, 2.05) is 12.5 Å². The Balaban J connectivity index is 1.72. The predicted molar refractivity (Wildman–Crippen MR) is 83.3 cm³/mol.